The van der Waals surface area contributed by atoms with E-state index in [2.05, 4.69) is 65.6 Å². The molecule has 0 aromatic heterocycles. The molecule has 132 valence electrons. The lowest BCUT2D eigenvalue weighted by Gasteiger charge is -2.44. The second kappa shape index (κ2) is 7.63. The summed E-state index contributed by atoms with van der Waals surface area (Å²) < 4.78 is 11.3. The van der Waals surface area contributed by atoms with Crippen LogP contribution >= 0.6 is 0 Å². The zero-order chi connectivity index (χ0) is 17.8. The first-order valence-corrected chi connectivity index (χ1v) is 8.98. The molecule has 1 aliphatic rings. The molecule has 3 aromatic carbocycles. The molecule has 1 heterocycles. The minimum Gasteiger partial charge on any atom is -0.497 e. The fourth-order valence-electron chi connectivity index (χ4n) is 3.49. The lowest BCUT2D eigenvalue weighted by atomic mass is 9.94. The van der Waals surface area contributed by atoms with Gasteiger partial charge in [-0.15, -0.1) is 0 Å². The smallest absolute Gasteiger partial charge is 0.124 e. The van der Waals surface area contributed by atoms with E-state index in [0.717, 1.165) is 24.6 Å². The van der Waals surface area contributed by atoms with Gasteiger partial charge in [0, 0.05) is 13.1 Å². The summed E-state index contributed by atoms with van der Waals surface area (Å²) in [5.74, 6) is 1.74. The molecule has 0 amide bonds. The molecule has 0 spiro atoms. The van der Waals surface area contributed by atoms with Crippen LogP contribution in [0, 0.1) is 0 Å². The number of benzene rings is 3. The van der Waals surface area contributed by atoms with Crippen LogP contribution in [-0.4, -0.2) is 31.2 Å². The molecule has 1 saturated heterocycles. The summed E-state index contributed by atoms with van der Waals surface area (Å²) in [4.78, 5) is 2.47. The van der Waals surface area contributed by atoms with Gasteiger partial charge in [-0.3, -0.25) is 4.90 Å². The van der Waals surface area contributed by atoms with Crippen molar-refractivity contribution >= 4 is 0 Å². The van der Waals surface area contributed by atoms with Crippen molar-refractivity contribution in [3.63, 3.8) is 0 Å². The molecule has 0 aliphatic carbocycles. The minimum atomic E-state index is 0.221. The molecular weight excluding hydrogens is 322 g/mol. The SMILES string of the molecule is COc1ccc(OC2CN(C(c3ccccc3)c3ccccc3)C2)cc1. The maximum Gasteiger partial charge on any atom is 0.124 e. The maximum atomic E-state index is 6.10. The van der Waals surface area contributed by atoms with Gasteiger partial charge in [0.15, 0.2) is 0 Å². The van der Waals surface area contributed by atoms with Gasteiger partial charge in [-0.05, 0) is 35.4 Å². The van der Waals surface area contributed by atoms with Gasteiger partial charge >= 0.3 is 0 Å². The van der Waals surface area contributed by atoms with E-state index < -0.39 is 0 Å². The van der Waals surface area contributed by atoms with Crippen LogP contribution in [0.15, 0.2) is 84.9 Å². The van der Waals surface area contributed by atoms with Crippen molar-refractivity contribution in [2.24, 2.45) is 0 Å². The first-order valence-electron chi connectivity index (χ1n) is 8.98. The molecule has 0 unspecified atom stereocenters. The third-order valence-corrected chi connectivity index (χ3v) is 4.83. The third kappa shape index (κ3) is 3.58. The number of likely N-dealkylation sites (tertiary alicyclic amines) is 1. The Kier molecular flexibility index (Phi) is 4.89. The number of methoxy groups -OCH3 is 1. The molecule has 1 fully saturated rings. The highest BCUT2D eigenvalue weighted by molar-refractivity contribution is 5.34. The Morgan fingerprint density at radius 3 is 1.73 bits per heavy atom. The number of ether oxygens (including phenoxy) is 2. The van der Waals surface area contributed by atoms with E-state index in [1.54, 1.807) is 7.11 Å². The first-order chi connectivity index (χ1) is 12.8. The van der Waals surface area contributed by atoms with Gasteiger partial charge in [-0.2, -0.15) is 0 Å². The van der Waals surface area contributed by atoms with Crippen molar-refractivity contribution in [3.8, 4) is 11.5 Å². The van der Waals surface area contributed by atoms with Crippen molar-refractivity contribution < 1.29 is 9.47 Å². The Morgan fingerprint density at radius 1 is 0.731 bits per heavy atom. The number of hydrogen-bond donors (Lipinski definition) is 0. The van der Waals surface area contributed by atoms with Crippen LogP contribution < -0.4 is 9.47 Å². The van der Waals surface area contributed by atoms with Crippen molar-refractivity contribution in [1.82, 2.24) is 4.90 Å². The number of hydrogen-bond acceptors (Lipinski definition) is 3. The fourth-order valence-corrected chi connectivity index (χ4v) is 3.49. The van der Waals surface area contributed by atoms with Gasteiger partial charge in [0.1, 0.15) is 17.6 Å². The van der Waals surface area contributed by atoms with E-state index in [9.17, 15) is 0 Å². The third-order valence-electron chi connectivity index (χ3n) is 4.83. The molecule has 0 atom stereocenters. The van der Waals surface area contributed by atoms with Gasteiger partial charge in [-0.25, -0.2) is 0 Å². The van der Waals surface area contributed by atoms with E-state index in [-0.39, 0.29) is 12.1 Å². The topological polar surface area (TPSA) is 21.7 Å². The van der Waals surface area contributed by atoms with Crippen molar-refractivity contribution in [2.45, 2.75) is 12.1 Å². The van der Waals surface area contributed by atoms with Gasteiger partial charge in [0.05, 0.1) is 13.2 Å². The Bertz CT molecular complexity index is 772. The highest BCUT2D eigenvalue weighted by Crippen LogP contribution is 2.33. The minimum absolute atomic E-state index is 0.221. The second-order valence-electron chi connectivity index (χ2n) is 6.59. The molecule has 0 bridgehead atoms. The van der Waals surface area contributed by atoms with Gasteiger partial charge < -0.3 is 9.47 Å². The van der Waals surface area contributed by atoms with Crippen LogP contribution in [-0.2, 0) is 0 Å². The fraction of sp³-hybridized carbons (Fsp3) is 0.217. The largest absolute Gasteiger partial charge is 0.497 e. The molecule has 3 heteroatoms. The monoisotopic (exact) mass is 345 g/mol. The maximum absolute atomic E-state index is 6.10. The van der Waals surface area contributed by atoms with Gasteiger partial charge in [0.25, 0.3) is 0 Å². The van der Waals surface area contributed by atoms with Gasteiger partial charge in [0.2, 0.25) is 0 Å². The molecule has 3 nitrogen and oxygen atoms in total. The molecular formula is C23H23NO2. The van der Waals surface area contributed by atoms with Crippen LogP contribution in [0.25, 0.3) is 0 Å². The summed E-state index contributed by atoms with van der Waals surface area (Å²) in [7, 11) is 1.67. The zero-order valence-corrected chi connectivity index (χ0v) is 14.9. The van der Waals surface area contributed by atoms with Crippen LogP contribution in [0.1, 0.15) is 17.2 Å². The number of rotatable bonds is 6. The van der Waals surface area contributed by atoms with E-state index in [1.165, 1.54) is 11.1 Å². The molecule has 4 rings (SSSR count). The van der Waals surface area contributed by atoms with Crippen LogP contribution in [0.3, 0.4) is 0 Å². The van der Waals surface area contributed by atoms with E-state index >= 15 is 0 Å². The van der Waals surface area contributed by atoms with E-state index in [4.69, 9.17) is 9.47 Å². The van der Waals surface area contributed by atoms with Gasteiger partial charge in [-0.1, -0.05) is 60.7 Å². The summed E-state index contributed by atoms with van der Waals surface area (Å²) in [6.45, 7) is 1.83. The average Bonchev–Trinajstić information content (AvgIpc) is 2.68. The zero-order valence-electron chi connectivity index (χ0n) is 14.9. The summed E-state index contributed by atoms with van der Waals surface area (Å²) in [6, 6.07) is 29.4. The highest BCUT2D eigenvalue weighted by atomic mass is 16.5. The van der Waals surface area contributed by atoms with Crippen LogP contribution in [0.5, 0.6) is 11.5 Å². The Balaban J connectivity index is 1.45. The van der Waals surface area contributed by atoms with Crippen molar-refractivity contribution in [1.29, 1.82) is 0 Å². The Hall–Kier alpha value is -2.78. The molecule has 0 radical (unpaired) electrons. The molecule has 0 N–H and O–H groups in total. The normalized spacial score (nSPS) is 14.8. The molecule has 0 saturated carbocycles. The van der Waals surface area contributed by atoms with Crippen LogP contribution in [0.4, 0.5) is 0 Å². The summed E-state index contributed by atoms with van der Waals surface area (Å²) in [6.07, 6.45) is 0.221. The molecule has 3 aromatic rings. The summed E-state index contributed by atoms with van der Waals surface area (Å²) in [5.41, 5.74) is 2.64. The highest BCUT2D eigenvalue weighted by Gasteiger charge is 2.35. The van der Waals surface area contributed by atoms with E-state index in [1.807, 2.05) is 24.3 Å². The Labute approximate surface area is 154 Å². The second-order valence-corrected chi connectivity index (χ2v) is 6.59. The number of nitrogens with zero attached hydrogens (tertiary/aromatic N) is 1. The van der Waals surface area contributed by atoms with Crippen molar-refractivity contribution in [2.75, 3.05) is 20.2 Å². The average molecular weight is 345 g/mol. The van der Waals surface area contributed by atoms with E-state index in [0.29, 0.717) is 0 Å². The van der Waals surface area contributed by atoms with Crippen LogP contribution in [0.2, 0.25) is 0 Å². The lowest BCUT2D eigenvalue weighted by Crippen LogP contribution is -2.55. The predicted octanol–water partition coefficient (Wildman–Crippen LogP) is 4.55. The van der Waals surface area contributed by atoms with Crippen molar-refractivity contribution in [3.05, 3.63) is 96.1 Å². The first kappa shape index (κ1) is 16.7. The summed E-state index contributed by atoms with van der Waals surface area (Å²) in [5, 5.41) is 0. The molecule has 1 aliphatic heterocycles. The quantitative estimate of drug-likeness (QED) is 0.654. The predicted molar refractivity (Wildman–Crippen MR) is 104 cm³/mol. The summed E-state index contributed by atoms with van der Waals surface area (Å²) >= 11 is 0. The Morgan fingerprint density at radius 2 is 1.23 bits per heavy atom. The lowest BCUT2D eigenvalue weighted by molar-refractivity contribution is 0.000267. The standard InChI is InChI=1S/C23H23NO2/c1-25-20-12-14-21(15-13-20)26-22-16-24(17-22)23(18-8-4-2-5-9-18)19-10-6-3-7-11-19/h2-15,22-23H,16-17H2,1H3. The molecule has 26 heavy (non-hydrogen) atoms.